The highest BCUT2D eigenvalue weighted by Crippen LogP contribution is 2.28. The molecule has 0 aliphatic carbocycles. The molecule has 0 spiro atoms. The lowest BCUT2D eigenvalue weighted by atomic mass is 10.1. The van der Waals surface area contributed by atoms with Gasteiger partial charge >= 0.3 is 11.8 Å². The summed E-state index contributed by atoms with van der Waals surface area (Å²) in [5.41, 5.74) is 3.87. The van der Waals surface area contributed by atoms with E-state index in [1.165, 1.54) is 0 Å². The number of H-pyrrole nitrogens is 1. The van der Waals surface area contributed by atoms with Crippen molar-refractivity contribution < 1.29 is 32.0 Å². The van der Waals surface area contributed by atoms with Gasteiger partial charge in [-0.25, -0.2) is 5.10 Å². The molecule has 0 atom stereocenters. The molecule has 0 bridgehead atoms. The van der Waals surface area contributed by atoms with Crippen LogP contribution in [0, 0.1) is 0 Å². The van der Waals surface area contributed by atoms with Crippen LogP contribution in [0.5, 0.6) is 5.75 Å². The summed E-state index contributed by atoms with van der Waals surface area (Å²) in [6.45, 7) is -0.386. The highest BCUT2D eigenvalue weighted by atomic mass is 32.1. The van der Waals surface area contributed by atoms with Crippen LogP contribution in [0.15, 0.2) is 54.3 Å². The van der Waals surface area contributed by atoms with Crippen LogP contribution in [-0.2, 0) is 4.74 Å². The molecular weight excluding hydrogens is 457 g/mol. The van der Waals surface area contributed by atoms with Gasteiger partial charge in [-0.15, -0.1) is 15.9 Å². The van der Waals surface area contributed by atoms with Gasteiger partial charge in [0.05, 0.1) is 28.8 Å². The van der Waals surface area contributed by atoms with E-state index in [1.54, 1.807) is 35.5 Å². The van der Waals surface area contributed by atoms with Crippen molar-refractivity contribution in [2.45, 2.75) is 6.18 Å². The van der Waals surface area contributed by atoms with Gasteiger partial charge in [0.25, 0.3) is 5.91 Å². The molecule has 11 heteroatoms. The standard InChI is InChI=1S/C22H19F3N4O3S/c1-31-6-7-32-17-4-2-14(3-5-17)16-9-26-20-18(10-28-29(20)11-16)15-8-19(33-12-15)21(30)27-13-22(23,24)25/h2-5,8-12H,6-7,13H2,1H3,(H,27,30)/p+1. The number of hydrogen-bond donors (Lipinski definition) is 2. The van der Waals surface area contributed by atoms with Crippen molar-refractivity contribution in [3.05, 3.63) is 59.2 Å². The Balaban J connectivity index is 1.51. The SMILES string of the molecule is COCCOc1ccc(-c2cnc3c(-c4csc(C(=O)NCC(F)(F)F)c4)c[nH][n+]3c2)cc1. The Morgan fingerprint density at radius 2 is 1.97 bits per heavy atom. The largest absolute Gasteiger partial charge is 0.491 e. The molecule has 0 saturated carbocycles. The zero-order valence-corrected chi connectivity index (χ0v) is 18.3. The van der Waals surface area contributed by atoms with Crippen molar-refractivity contribution in [2.24, 2.45) is 0 Å². The highest BCUT2D eigenvalue weighted by Gasteiger charge is 2.28. The molecule has 1 amide bonds. The average Bonchev–Trinajstić information content (AvgIpc) is 3.44. The number of halogens is 3. The van der Waals surface area contributed by atoms with Gasteiger partial charge in [0.15, 0.2) is 6.20 Å². The molecule has 0 saturated heterocycles. The van der Waals surface area contributed by atoms with Crippen LogP contribution in [0.4, 0.5) is 13.2 Å². The summed E-state index contributed by atoms with van der Waals surface area (Å²) in [5, 5.41) is 6.69. The fourth-order valence-corrected chi connectivity index (χ4v) is 3.96. The number of methoxy groups -OCH3 is 1. The second-order valence-electron chi connectivity index (χ2n) is 7.09. The Morgan fingerprint density at radius 1 is 1.18 bits per heavy atom. The van der Waals surface area contributed by atoms with Gasteiger partial charge in [0.2, 0.25) is 0 Å². The third kappa shape index (κ3) is 5.49. The number of thiophene rings is 1. The van der Waals surface area contributed by atoms with Crippen molar-refractivity contribution in [2.75, 3.05) is 26.9 Å². The van der Waals surface area contributed by atoms with Gasteiger partial charge in [-0.3, -0.25) is 4.79 Å². The molecule has 0 fully saturated rings. The molecule has 0 unspecified atom stereocenters. The maximum atomic E-state index is 12.3. The Hall–Kier alpha value is -3.44. The number of hydrogen-bond acceptors (Lipinski definition) is 5. The fraction of sp³-hybridized carbons (Fsp3) is 0.227. The molecule has 4 aromatic rings. The normalized spacial score (nSPS) is 11.6. The lowest BCUT2D eigenvalue weighted by Gasteiger charge is -2.06. The number of alkyl halides is 3. The Morgan fingerprint density at radius 3 is 2.70 bits per heavy atom. The zero-order chi connectivity index (χ0) is 23.4. The van der Waals surface area contributed by atoms with Crippen LogP contribution in [0.25, 0.3) is 27.9 Å². The molecule has 7 nitrogen and oxygen atoms in total. The second kappa shape index (κ2) is 9.59. The second-order valence-corrected chi connectivity index (χ2v) is 8.00. The van der Waals surface area contributed by atoms with E-state index in [1.807, 2.05) is 35.8 Å². The molecule has 3 aromatic heterocycles. The minimum Gasteiger partial charge on any atom is -0.491 e. The molecule has 2 N–H and O–H groups in total. The van der Waals surface area contributed by atoms with Crippen LogP contribution in [-0.4, -0.2) is 49.0 Å². The summed E-state index contributed by atoms with van der Waals surface area (Å²) in [7, 11) is 1.62. The number of nitrogens with zero attached hydrogens (tertiary/aromatic N) is 2. The third-order valence-corrected chi connectivity index (χ3v) is 5.67. The summed E-state index contributed by atoms with van der Waals surface area (Å²) in [4.78, 5) is 16.7. The number of carbonyl (C=O) groups is 1. The Bertz CT molecular complexity index is 1250. The first kappa shape index (κ1) is 22.7. The molecule has 172 valence electrons. The van der Waals surface area contributed by atoms with E-state index < -0.39 is 18.6 Å². The first-order chi connectivity index (χ1) is 15.8. The zero-order valence-electron chi connectivity index (χ0n) is 17.5. The Labute approximate surface area is 190 Å². The van der Waals surface area contributed by atoms with E-state index >= 15 is 0 Å². The molecule has 0 aliphatic heterocycles. The van der Waals surface area contributed by atoms with Crippen molar-refractivity contribution in [1.82, 2.24) is 15.4 Å². The van der Waals surface area contributed by atoms with E-state index in [4.69, 9.17) is 9.47 Å². The van der Waals surface area contributed by atoms with E-state index in [0.29, 0.717) is 24.4 Å². The van der Waals surface area contributed by atoms with Crippen molar-refractivity contribution >= 4 is 22.9 Å². The van der Waals surface area contributed by atoms with Gasteiger partial charge in [-0.2, -0.15) is 13.2 Å². The van der Waals surface area contributed by atoms with Crippen LogP contribution in [0.3, 0.4) is 0 Å². The number of carbonyl (C=O) groups excluding carboxylic acids is 1. The number of aromatic nitrogens is 3. The van der Waals surface area contributed by atoms with Crippen molar-refractivity contribution in [3.8, 4) is 28.0 Å². The molecule has 4 rings (SSSR count). The summed E-state index contributed by atoms with van der Waals surface area (Å²) in [6, 6.07) is 9.16. The van der Waals surface area contributed by atoms with Crippen LogP contribution in [0.1, 0.15) is 9.67 Å². The topological polar surface area (TPSA) is 80.3 Å². The van der Waals surface area contributed by atoms with Gasteiger partial charge < -0.3 is 14.8 Å². The molecule has 3 heterocycles. The number of aromatic amines is 1. The number of amides is 1. The minimum atomic E-state index is -4.46. The van der Waals surface area contributed by atoms with E-state index in [9.17, 15) is 18.0 Å². The average molecular weight is 477 g/mol. The highest BCUT2D eigenvalue weighted by molar-refractivity contribution is 7.12. The maximum absolute atomic E-state index is 12.3. The summed E-state index contributed by atoms with van der Waals surface area (Å²) in [6.07, 6.45) is 0.896. The minimum absolute atomic E-state index is 0.193. The van der Waals surface area contributed by atoms with E-state index in [2.05, 4.69) is 10.1 Å². The lowest BCUT2D eigenvalue weighted by Crippen LogP contribution is -2.33. The van der Waals surface area contributed by atoms with Crippen molar-refractivity contribution in [1.29, 1.82) is 0 Å². The quantitative estimate of drug-likeness (QED) is 0.298. The van der Waals surface area contributed by atoms with Crippen LogP contribution >= 0.6 is 11.3 Å². The molecular formula is C22H20F3N4O3S+. The van der Waals surface area contributed by atoms with Crippen LogP contribution in [0.2, 0.25) is 0 Å². The third-order valence-electron chi connectivity index (χ3n) is 4.74. The number of fused-ring (bicyclic) bond motifs is 1. The van der Waals surface area contributed by atoms with Gasteiger partial charge in [0, 0.05) is 12.7 Å². The first-order valence-corrected chi connectivity index (χ1v) is 10.8. The molecule has 33 heavy (non-hydrogen) atoms. The summed E-state index contributed by atoms with van der Waals surface area (Å²) in [5.74, 6) is -0.0202. The lowest BCUT2D eigenvalue weighted by molar-refractivity contribution is -0.578. The smallest absolute Gasteiger partial charge is 0.405 e. The fourth-order valence-electron chi connectivity index (χ4n) is 3.13. The predicted molar refractivity (Wildman–Crippen MR) is 116 cm³/mol. The number of ether oxygens (including phenoxy) is 2. The maximum Gasteiger partial charge on any atom is 0.405 e. The molecule has 0 aliphatic rings. The Kier molecular flexibility index (Phi) is 6.61. The van der Waals surface area contributed by atoms with Gasteiger partial charge in [-0.1, -0.05) is 12.1 Å². The summed E-state index contributed by atoms with van der Waals surface area (Å²) >= 11 is 1.07. The van der Waals surface area contributed by atoms with Gasteiger partial charge in [0.1, 0.15) is 25.1 Å². The predicted octanol–water partition coefficient (Wildman–Crippen LogP) is 3.86. The number of nitrogens with one attached hydrogen (secondary N) is 2. The molecule has 1 aromatic carbocycles. The van der Waals surface area contributed by atoms with E-state index in [0.717, 1.165) is 33.8 Å². The number of rotatable bonds is 8. The monoisotopic (exact) mass is 477 g/mol. The van der Waals surface area contributed by atoms with Crippen LogP contribution < -0.4 is 14.6 Å². The van der Waals surface area contributed by atoms with Gasteiger partial charge in [-0.05, 0) is 34.1 Å². The molecule has 0 radical (unpaired) electrons. The number of benzene rings is 1. The van der Waals surface area contributed by atoms with E-state index in [-0.39, 0.29) is 4.88 Å². The summed E-state index contributed by atoms with van der Waals surface area (Å²) < 4.78 is 49.3. The first-order valence-electron chi connectivity index (χ1n) is 9.89. The van der Waals surface area contributed by atoms with Crippen molar-refractivity contribution in [3.63, 3.8) is 0 Å².